The number of hydrogen-bond acceptors (Lipinski definition) is 2. The minimum absolute atomic E-state index is 0.224. The first kappa shape index (κ1) is 14.6. The number of hydrogen-bond donors (Lipinski definition) is 1. The molecule has 0 aliphatic heterocycles. The molecule has 1 rings (SSSR count). The van der Waals surface area contributed by atoms with Crippen molar-refractivity contribution in [2.45, 2.75) is 20.2 Å². The molecule has 5 heteroatoms. The molecule has 1 aromatic carbocycles. The Hall–Kier alpha value is -1.49. The summed E-state index contributed by atoms with van der Waals surface area (Å²) in [6.45, 7) is 4.46. The lowest BCUT2D eigenvalue weighted by atomic mass is 10.0. The summed E-state index contributed by atoms with van der Waals surface area (Å²) < 4.78 is 39.7. The molecule has 0 saturated carbocycles. The van der Waals surface area contributed by atoms with E-state index in [1.54, 1.807) is 12.1 Å². The molecule has 2 N–H and O–H groups in total. The number of alkyl halides is 3. The summed E-state index contributed by atoms with van der Waals surface area (Å²) in [5.74, 6) is 0.0830. The summed E-state index contributed by atoms with van der Waals surface area (Å²) in [5.41, 5.74) is 7.44. The third-order valence-electron chi connectivity index (χ3n) is 2.44. The SMILES string of the molecule is CC(C)C(=Cc1ccc(OC(F)(F)F)cc1)CN. The second-order valence-corrected chi connectivity index (χ2v) is 4.19. The summed E-state index contributed by atoms with van der Waals surface area (Å²) >= 11 is 0. The fraction of sp³-hybridized carbons (Fsp3) is 0.385. The third kappa shape index (κ3) is 4.79. The number of benzene rings is 1. The van der Waals surface area contributed by atoms with Gasteiger partial charge in [0.1, 0.15) is 5.75 Å². The lowest BCUT2D eigenvalue weighted by Gasteiger charge is -2.10. The first-order valence-electron chi connectivity index (χ1n) is 5.58. The van der Waals surface area contributed by atoms with Crippen molar-refractivity contribution in [3.05, 3.63) is 35.4 Å². The van der Waals surface area contributed by atoms with Crippen LogP contribution in [0.3, 0.4) is 0 Å². The molecule has 18 heavy (non-hydrogen) atoms. The predicted octanol–water partition coefficient (Wildman–Crippen LogP) is 3.58. The predicted molar refractivity (Wildman–Crippen MR) is 65.0 cm³/mol. The zero-order valence-electron chi connectivity index (χ0n) is 10.3. The Morgan fingerprint density at radius 1 is 1.28 bits per heavy atom. The van der Waals surface area contributed by atoms with E-state index in [4.69, 9.17) is 5.73 Å². The zero-order chi connectivity index (χ0) is 13.8. The maximum absolute atomic E-state index is 12.0. The van der Waals surface area contributed by atoms with E-state index in [1.165, 1.54) is 12.1 Å². The Bertz CT molecular complexity index is 407. The zero-order valence-corrected chi connectivity index (χ0v) is 10.3. The van der Waals surface area contributed by atoms with Crippen molar-refractivity contribution in [2.75, 3.05) is 6.54 Å². The molecule has 0 aliphatic rings. The minimum atomic E-state index is -4.66. The van der Waals surface area contributed by atoms with Gasteiger partial charge in [0.05, 0.1) is 0 Å². The smallest absolute Gasteiger partial charge is 0.406 e. The molecule has 0 aliphatic carbocycles. The van der Waals surface area contributed by atoms with Crippen molar-refractivity contribution >= 4 is 6.08 Å². The monoisotopic (exact) mass is 259 g/mol. The van der Waals surface area contributed by atoms with E-state index in [1.807, 2.05) is 19.9 Å². The molecule has 0 atom stereocenters. The van der Waals surface area contributed by atoms with Gasteiger partial charge in [-0.2, -0.15) is 0 Å². The van der Waals surface area contributed by atoms with Gasteiger partial charge in [-0.15, -0.1) is 13.2 Å². The highest BCUT2D eigenvalue weighted by molar-refractivity contribution is 5.54. The average molecular weight is 259 g/mol. The van der Waals surface area contributed by atoms with Crippen LogP contribution in [0.15, 0.2) is 29.8 Å². The van der Waals surface area contributed by atoms with Crippen LogP contribution in [-0.2, 0) is 0 Å². The van der Waals surface area contributed by atoms with Crippen molar-refractivity contribution in [1.29, 1.82) is 0 Å². The second kappa shape index (κ2) is 5.91. The van der Waals surface area contributed by atoms with E-state index in [0.29, 0.717) is 12.5 Å². The van der Waals surface area contributed by atoms with E-state index in [0.717, 1.165) is 11.1 Å². The molecule has 2 nitrogen and oxygen atoms in total. The Balaban J connectivity index is 2.83. The Morgan fingerprint density at radius 2 is 1.83 bits per heavy atom. The van der Waals surface area contributed by atoms with Crippen molar-refractivity contribution in [1.82, 2.24) is 0 Å². The fourth-order valence-corrected chi connectivity index (χ4v) is 1.44. The summed E-state index contributed by atoms with van der Waals surface area (Å²) in [6.07, 6.45) is -2.78. The maximum Gasteiger partial charge on any atom is 0.573 e. The summed E-state index contributed by atoms with van der Waals surface area (Å²) in [5, 5.41) is 0. The van der Waals surface area contributed by atoms with Gasteiger partial charge in [0.2, 0.25) is 0 Å². The van der Waals surface area contributed by atoms with E-state index >= 15 is 0 Å². The fourth-order valence-electron chi connectivity index (χ4n) is 1.44. The van der Waals surface area contributed by atoms with Crippen LogP contribution >= 0.6 is 0 Å². The van der Waals surface area contributed by atoms with Gasteiger partial charge in [0.25, 0.3) is 0 Å². The van der Waals surface area contributed by atoms with Gasteiger partial charge in [-0.25, -0.2) is 0 Å². The van der Waals surface area contributed by atoms with Gasteiger partial charge < -0.3 is 10.5 Å². The molecule has 100 valence electrons. The van der Waals surface area contributed by atoms with Gasteiger partial charge in [-0.05, 0) is 23.6 Å². The molecule has 0 aromatic heterocycles. The van der Waals surface area contributed by atoms with Crippen LogP contribution in [0.1, 0.15) is 19.4 Å². The highest BCUT2D eigenvalue weighted by Gasteiger charge is 2.30. The van der Waals surface area contributed by atoms with Gasteiger partial charge >= 0.3 is 6.36 Å². The number of ether oxygens (including phenoxy) is 1. The van der Waals surface area contributed by atoms with Crippen LogP contribution in [-0.4, -0.2) is 12.9 Å². The summed E-state index contributed by atoms with van der Waals surface area (Å²) in [7, 11) is 0. The van der Waals surface area contributed by atoms with E-state index in [2.05, 4.69) is 4.74 Å². The molecule has 0 heterocycles. The molecule has 0 bridgehead atoms. The van der Waals surface area contributed by atoms with E-state index < -0.39 is 6.36 Å². The molecule has 0 fully saturated rings. The highest BCUT2D eigenvalue weighted by Crippen LogP contribution is 2.23. The van der Waals surface area contributed by atoms with Gasteiger partial charge in [-0.1, -0.05) is 37.6 Å². The number of nitrogens with two attached hydrogens (primary N) is 1. The lowest BCUT2D eigenvalue weighted by Crippen LogP contribution is -2.16. The van der Waals surface area contributed by atoms with E-state index in [9.17, 15) is 13.2 Å². The van der Waals surface area contributed by atoms with Crippen LogP contribution in [0.5, 0.6) is 5.75 Å². The third-order valence-corrected chi connectivity index (χ3v) is 2.44. The molecule has 0 unspecified atom stereocenters. The highest BCUT2D eigenvalue weighted by atomic mass is 19.4. The maximum atomic E-state index is 12.0. The summed E-state index contributed by atoms with van der Waals surface area (Å²) in [6, 6.07) is 5.71. The van der Waals surface area contributed by atoms with Gasteiger partial charge in [-0.3, -0.25) is 0 Å². The largest absolute Gasteiger partial charge is 0.573 e. The normalized spacial score (nSPS) is 12.9. The van der Waals surface area contributed by atoms with Crippen molar-refractivity contribution in [3.8, 4) is 5.75 Å². The van der Waals surface area contributed by atoms with Crippen molar-refractivity contribution < 1.29 is 17.9 Å². The quantitative estimate of drug-likeness (QED) is 0.896. The van der Waals surface area contributed by atoms with Crippen molar-refractivity contribution in [3.63, 3.8) is 0 Å². The molecule has 1 aromatic rings. The molecule has 0 saturated heterocycles. The lowest BCUT2D eigenvalue weighted by molar-refractivity contribution is -0.274. The van der Waals surface area contributed by atoms with Crippen LogP contribution in [0, 0.1) is 5.92 Å². The number of halogens is 3. The first-order valence-corrected chi connectivity index (χ1v) is 5.58. The molecular formula is C13H16F3NO. The molecular weight excluding hydrogens is 243 g/mol. The number of rotatable bonds is 4. The van der Waals surface area contributed by atoms with Crippen LogP contribution in [0.4, 0.5) is 13.2 Å². The molecule has 0 amide bonds. The van der Waals surface area contributed by atoms with Gasteiger partial charge in [0, 0.05) is 6.54 Å². The van der Waals surface area contributed by atoms with Crippen molar-refractivity contribution in [2.24, 2.45) is 11.7 Å². The first-order chi connectivity index (χ1) is 8.31. The Kier molecular flexibility index (Phi) is 4.78. The summed E-state index contributed by atoms with van der Waals surface area (Å²) in [4.78, 5) is 0. The van der Waals surface area contributed by atoms with Crippen LogP contribution in [0.2, 0.25) is 0 Å². The average Bonchev–Trinajstić information content (AvgIpc) is 2.25. The van der Waals surface area contributed by atoms with E-state index in [-0.39, 0.29) is 5.75 Å². The second-order valence-electron chi connectivity index (χ2n) is 4.19. The molecule has 0 radical (unpaired) electrons. The van der Waals surface area contributed by atoms with Gasteiger partial charge in [0.15, 0.2) is 0 Å². The Morgan fingerprint density at radius 3 is 2.22 bits per heavy atom. The van der Waals surface area contributed by atoms with Crippen LogP contribution < -0.4 is 10.5 Å². The van der Waals surface area contributed by atoms with Crippen LogP contribution in [0.25, 0.3) is 6.08 Å². The Labute approximate surface area is 104 Å². The topological polar surface area (TPSA) is 35.2 Å². The minimum Gasteiger partial charge on any atom is -0.406 e. The molecule has 0 spiro atoms. The standard InChI is InChI=1S/C13H16F3NO/c1-9(2)11(8-17)7-10-3-5-12(6-4-10)18-13(14,15)16/h3-7,9H,8,17H2,1-2H3.